The van der Waals surface area contributed by atoms with Gasteiger partial charge in [0.1, 0.15) is 0 Å². The lowest BCUT2D eigenvalue weighted by atomic mass is 9.97. The Bertz CT molecular complexity index is 474. The SMILES string of the molecule is COC(=O)CCC(C(OC)OC)N(C(C)C)C(C)[C@H](C)CO[Si](C)(C)C(C)(C)C. The predicted octanol–water partition coefficient (Wildman–Crippen LogP) is 4.68. The van der Waals surface area contributed by atoms with E-state index in [2.05, 4.69) is 66.5 Å². The predicted molar refractivity (Wildman–Crippen MR) is 122 cm³/mol. The Labute approximate surface area is 180 Å². The molecular formula is C22H47NO5Si. The lowest BCUT2D eigenvalue weighted by molar-refractivity contribution is -0.165. The topological polar surface area (TPSA) is 57.2 Å². The summed E-state index contributed by atoms with van der Waals surface area (Å²) in [6, 6.07) is 0.431. The van der Waals surface area contributed by atoms with Crippen LogP contribution in [0.2, 0.25) is 18.1 Å². The first-order valence-electron chi connectivity index (χ1n) is 10.8. The van der Waals surface area contributed by atoms with Gasteiger partial charge in [0, 0.05) is 39.3 Å². The van der Waals surface area contributed by atoms with Crippen LogP contribution < -0.4 is 0 Å². The van der Waals surface area contributed by atoms with Crippen LogP contribution in [0.15, 0.2) is 0 Å². The van der Waals surface area contributed by atoms with Gasteiger partial charge >= 0.3 is 5.97 Å². The van der Waals surface area contributed by atoms with Gasteiger partial charge in [0.2, 0.25) is 0 Å². The van der Waals surface area contributed by atoms with Crippen molar-refractivity contribution < 1.29 is 23.4 Å². The highest BCUT2D eigenvalue weighted by molar-refractivity contribution is 6.74. The second-order valence-corrected chi connectivity index (χ2v) is 14.7. The number of hydrogen-bond acceptors (Lipinski definition) is 6. The molecule has 0 aliphatic rings. The molecule has 0 bridgehead atoms. The van der Waals surface area contributed by atoms with Gasteiger partial charge < -0.3 is 18.6 Å². The summed E-state index contributed by atoms with van der Waals surface area (Å²) in [5.41, 5.74) is 0. The average Bonchev–Trinajstić information content (AvgIpc) is 2.62. The van der Waals surface area contributed by atoms with Gasteiger partial charge in [0.25, 0.3) is 0 Å². The summed E-state index contributed by atoms with van der Waals surface area (Å²) in [5.74, 6) is 0.105. The van der Waals surface area contributed by atoms with Gasteiger partial charge in [0.05, 0.1) is 13.2 Å². The van der Waals surface area contributed by atoms with Crippen LogP contribution >= 0.6 is 0 Å². The van der Waals surface area contributed by atoms with Crippen molar-refractivity contribution in [1.29, 1.82) is 0 Å². The van der Waals surface area contributed by atoms with Crippen molar-refractivity contribution in [3.05, 3.63) is 0 Å². The third-order valence-corrected chi connectivity index (χ3v) is 10.9. The van der Waals surface area contributed by atoms with E-state index in [0.29, 0.717) is 18.8 Å². The molecule has 6 nitrogen and oxygen atoms in total. The highest BCUT2D eigenvalue weighted by atomic mass is 28.4. The maximum absolute atomic E-state index is 11.8. The lowest BCUT2D eigenvalue weighted by Gasteiger charge is -2.45. The van der Waals surface area contributed by atoms with Gasteiger partial charge in [-0.15, -0.1) is 0 Å². The molecule has 174 valence electrons. The maximum Gasteiger partial charge on any atom is 0.305 e. The van der Waals surface area contributed by atoms with E-state index >= 15 is 0 Å². The Kier molecular flexibility index (Phi) is 12.2. The third-order valence-electron chi connectivity index (χ3n) is 6.44. The molecule has 0 aromatic heterocycles. The molecule has 0 aromatic rings. The van der Waals surface area contributed by atoms with Gasteiger partial charge in [-0.2, -0.15) is 0 Å². The van der Waals surface area contributed by atoms with E-state index in [9.17, 15) is 4.79 Å². The molecule has 0 saturated heterocycles. The van der Waals surface area contributed by atoms with E-state index in [4.69, 9.17) is 18.6 Å². The lowest BCUT2D eigenvalue weighted by Crippen LogP contribution is -2.55. The molecule has 0 N–H and O–H groups in total. The number of carbonyl (C=O) groups excluding carboxylic acids is 1. The number of hydrogen-bond donors (Lipinski definition) is 0. The zero-order valence-corrected chi connectivity index (χ0v) is 22.0. The van der Waals surface area contributed by atoms with Crippen molar-refractivity contribution in [2.45, 2.75) is 104 Å². The Morgan fingerprint density at radius 3 is 1.90 bits per heavy atom. The molecular weight excluding hydrogens is 386 g/mol. The van der Waals surface area contributed by atoms with Crippen molar-refractivity contribution in [3.63, 3.8) is 0 Å². The van der Waals surface area contributed by atoms with E-state index in [1.807, 2.05) is 0 Å². The smallest absolute Gasteiger partial charge is 0.305 e. The third kappa shape index (κ3) is 8.65. The van der Waals surface area contributed by atoms with Crippen LogP contribution in [-0.2, 0) is 23.4 Å². The Morgan fingerprint density at radius 2 is 1.52 bits per heavy atom. The number of nitrogens with zero attached hydrogens (tertiary/aromatic N) is 1. The van der Waals surface area contributed by atoms with E-state index in [-0.39, 0.29) is 29.1 Å². The minimum absolute atomic E-state index is 0.0607. The Morgan fingerprint density at radius 1 is 1.00 bits per heavy atom. The summed E-state index contributed by atoms with van der Waals surface area (Å²) in [6.45, 7) is 20.9. The molecule has 7 heteroatoms. The monoisotopic (exact) mass is 433 g/mol. The fourth-order valence-corrected chi connectivity index (χ4v) is 4.46. The zero-order valence-electron chi connectivity index (χ0n) is 21.0. The van der Waals surface area contributed by atoms with Gasteiger partial charge in [-0.1, -0.05) is 27.7 Å². The van der Waals surface area contributed by atoms with Crippen molar-refractivity contribution >= 4 is 14.3 Å². The summed E-state index contributed by atoms with van der Waals surface area (Å²) in [5, 5.41) is 0.188. The first-order chi connectivity index (χ1) is 13.2. The van der Waals surface area contributed by atoms with Crippen molar-refractivity contribution in [1.82, 2.24) is 4.90 Å². The maximum atomic E-state index is 11.8. The van der Waals surface area contributed by atoms with Gasteiger partial charge in [-0.3, -0.25) is 9.69 Å². The molecule has 3 atom stereocenters. The van der Waals surface area contributed by atoms with Crippen LogP contribution in [0.25, 0.3) is 0 Å². The molecule has 29 heavy (non-hydrogen) atoms. The fraction of sp³-hybridized carbons (Fsp3) is 0.955. The molecule has 0 spiro atoms. The number of esters is 1. The number of methoxy groups -OCH3 is 3. The normalized spacial score (nSPS) is 16.4. The van der Waals surface area contributed by atoms with Gasteiger partial charge in [-0.05, 0) is 51.2 Å². The van der Waals surface area contributed by atoms with E-state index in [1.165, 1.54) is 7.11 Å². The molecule has 0 amide bonds. The average molecular weight is 434 g/mol. The van der Waals surface area contributed by atoms with Crippen molar-refractivity contribution in [3.8, 4) is 0 Å². The van der Waals surface area contributed by atoms with Crippen LogP contribution in [-0.4, -0.2) is 71.5 Å². The number of rotatable bonds is 13. The van der Waals surface area contributed by atoms with Crippen LogP contribution in [0.3, 0.4) is 0 Å². The van der Waals surface area contributed by atoms with E-state index < -0.39 is 14.6 Å². The van der Waals surface area contributed by atoms with Crippen LogP contribution in [0.5, 0.6) is 0 Å². The van der Waals surface area contributed by atoms with E-state index in [0.717, 1.165) is 6.61 Å². The summed E-state index contributed by atoms with van der Waals surface area (Å²) in [4.78, 5) is 14.2. The first-order valence-corrected chi connectivity index (χ1v) is 13.7. The summed E-state index contributed by atoms with van der Waals surface area (Å²) in [7, 11) is 2.91. The van der Waals surface area contributed by atoms with Crippen LogP contribution in [0.4, 0.5) is 0 Å². The number of ether oxygens (including phenoxy) is 3. The van der Waals surface area contributed by atoms with Crippen LogP contribution in [0.1, 0.15) is 61.3 Å². The molecule has 0 aliphatic carbocycles. The first kappa shape index (κ1) is 28.5. The zero-order chi connectivity index (χ0) is 23.0. The minimum Gasteiger partial charge on any atom is -0.469 e. The van der Waals surface area contributed by atoms with E-state index in [1.54, 1.807) is 14.2 Å². The van der Waals surface area contributed by atoms with Gasteiger partial charge in [0.15, 0.2) is 14.6 Å². The highest BCUT2D eigenvalue weighted by Crippen LogP contribution is 2.37. The largest absolute Gasteiger partial charge is 0.469 e. The second-order valence-electron chi connectivity index (χ2n) is 9.85. The Balaban J connectivity index is 5.48. The Hall–Kier alpha value is -0.473. The van der Waals surface area contributed by atoms with Gasteiger partial charge in [-0.25, -0.2) is 0 Å². The number of carbonyl (C=O) groups is 1. The molecule has 0 saturated carbocycles. The highest BCUT2D eigenvalue weighted by Gasteiger charge is 2.39. The van der Waals surface area contributed by atoms with Crippen molar-refractivity contribution in [2.75, 3.05) is 27.9 Å². The quantitative estimate of drug-likeness (QED) is 0.239. The summed E-state index contributed by atoms with van der Waals surface area (Å²) >= 11 is 0. The molecule has 0 fully saturated rings. The van der Waals surface area contributed by atoms with Crippen LogP contribution in [0, 0.1) is 5.92 Å². The summed E-state index contributed by atoms with van der Waals surface area (Å²) in [6.07, 6.45) is 0.519. The molecule has 2 unspecified atom stereocenters. The second kappa shape index (κ2) is 12.4. The molecule has 0 aliphatic heterocycles. The molecule has 0 aromatic carbocycles. The standard InChI is InChI=1S/C22H47NO5Si/c1-16(2)23(19(21(26-9)27-10)13-14-20(24)25-8)18(4)17(3)15-28-29(11,12)22(5,6)7/h16-19,21H,13-15H2,1-12H3/t17-,18?,19?/m1/s1. The summed E-state index contributed by atoms with van der Waals surface area (Å²) < 4.78 is 22.6. The molecule has 0 rings (SSSR count). The molecule has 0 heterocycles. The minimum atomic E-state index is -1.80. The van der Waals surface area contributed by atoms with Crippen molar-refractivity contribution in [2.24, 2.45) is 5.92 Å². The fourth-order valence-electron chi connectivity index (χ4n) is 3.35. The molecule has 0 radical (unpaired) electrons.